The molecule has 1 fully saturated rings. The number of thiophene rings is 1. The van der Waals surface area contributed by atoms with Crippen LogP contribution in [0.2, 0.25) is 0 Å². The number of carbonyl (C=O) groups is 1. The maximum absolute atomic E-state index is 11.5. The molecule has 0 saturated carbocycles. The van der Waals surface area contributed by atoms with Gasteiger partial charge in [0.15, 0.2) is 6.61 Å². The van der Waals surface area contributed by atoms with Crippen molar-refractivity contribution in [2.75, 3.05) is 56.4 Å². The van der Waals surface area contributed by atoms with Crippen LogP contribution >= 0.6 is 11.3 Å². The third-order valence-corrected chi connectivity index (χ3v) is 6.62. The molecule has 32 heavy (non-hydrogen) atoms. The predicted octanol–water partition coefficient (Wildman–Crippen LogP) is 4.15. The third-order valence-electron chi connectivity index (χ3n) is 5.74. The molecule has 0 aliphatic carbocycles. The van der Waals surface area contributed by atoms with Crippen LogP contribution in [0.25, 0.3) is 10.1 Å². The van der Waals surface area contributed by atoms with E-state index in [1.807, 2.05) is 18.2 Å². The molecule has 0 spiro atoms. The van der Waals surface area contributed by atoms with Crippen LogP contribution in [0, 0.1) is 0 Å². The summed E-state index contributed by atoms with van der Waals surface area (Å²) in [4.78, 5) is 20.0. The Labute approximate surface area is 191 Å². The van der Waals surface area contributed by atoms with Gasteiger partial charge in [0, 0.05) is 29.2 Å². The molecule has 0 bridgehead atoms. The second-order valence-corrected chi connectivity index (χ2v) is 8.88. The van der Waals surface area contributed by atoms with Crippen molar-refractivity contribution >= 4 is 38.7 Å². The topological polar surface area (TPSA) is 63.3 Å². The zero-order valence-corrected chi connectivity index (χ0v) is 18.7. The number of ether oxygens (including phenoxy) is 2. The number of rotatable bonds is 7. The van der Waals surface area contributed by atoms with Gasteiger partial charge in [-0.05, 0) is 55.1 Å². The van der Waals surface area contributed by atoms with Gasteiger partial charge in [0.05, 0.1) is 31.1 Å². The summed E-state index contributed by atoms with van der Waals surface area (Å²) in [5, 5.41) is 8.25. The summed E-state index contributed by atoms with van der Waals surface area (Å²) in [5.74, 6) is 1.29. The fourth-order valence-electron chi connectivity index (χ4n) is 4.08. The number of amides is 1. The van der Waals surface area contributed by atoms with E-state index < -0.39 is 0 Å². The Kier molecular flexibility index (Phi) is 6.43. The van der Waals surface area contributed by atoms with Gasteiger partial charge in [0.25, 0.3) is 5.91 Å². The van der Waals surface area contributed by atoms with E-state index in [0.717, 1.165) is 50.5 Å². The number of benzene rings is 2. The predicted molar refractivity (Wildman–Crippen MR) is 127 cm³/mol. The molecule has 3 aromatic rings. The first-order valence-corrected chi connectivity index (χ1v) is 11.9. The molecule has 0 atom stereocenters. The molecular formula is C24H27N3O4S. The Morgan fingerprint density at radius 3 is 3.03 bits per heavy atom. The highest BCUT2D eigenvalue weighted by Crippen LogP contribution is 2.32. The van der Waals surface area contributed by atoms with Crippen LogP contribution in [0.3, 0.4) is 0 Å². The van der Waals surface area contributed by atoms with Gasteiger partial charge in [-0.15, -0.1) is 11.3 Å². The van der Waals surface area contributed by atoms with Gasteiger partial charge in [0.2, 0.25) is 0 Å². The molecular weight excluding hydrogens is 426 g/mol. The van der Waals surface area contributed by atoms with Crippen LogP contribution in [0.5, 0.6) is 11.5 Å². The summed E-state index contributed by atoms with van der Waals surface area (Å²) in [6.45, 7) is 5.19. The summed E-state index contributed by atoms with van der Waals surface area (Å²) < 4.78 is 12.5. The van der Waals surface area contributed by atoms with Crippen molar-refractivity contribution in [1.82, 2.24) is 4.90 Å². The minimum atomic E-state index is -0.137. The standard InChI is InChI=1S/C24H27N3O4S/c28-24-17-30-22-7-6-18(16-20(22)25-24)29-13-2-1-9-26-10-11-27(31-14-12-26)21-4-3-5-23-19(21)8-15-32-23/h3-8,15-16H,1-2,9-14,17H2,(H,25,28). The first-order chi connectivity index (χ1) is 15.8. The van der Waals surface area contributed by atoms with E-state index in [-0.39, 0.29) is 12.5 Å². The van der Waals surface area contributed by atoms with Gasteiger partial charge >= 0.3 is 0 Å². The number of fused-ring (bicyclic) bond motifs is 2. The van der Waals surface area contributed by atoms with Crippen molar-refractivity contribution in [3.8, 4) is 11.5 Å². The van der Waals surface area contributed by atoms with Crippen molar-refractivity contribution < 1.29 is 19.1 Å². The molecule has 3 heterocycles. The number of carbonyl (C=O) groups excluding carboxylic acids is 1. The van der Waals surface area contributed by atoms with Crippen LogP contribution in [0.15, 0.2) is 47.8 Å². The quantitative estimate of drug-likeness (QED) is 0.543. The van der Waals surface area contributed by atoms with E-state index in [1.54, 1.807) is 11.3 Å². The average molecular weight is 454 g/mol. The molecule has 2 aliphatic rings. The molecule has 1 saturated heterocycles. The second-order valence-electron chi connectivity index (χ2n) is 7.94. The SMILES string of the molecule is O=C1COc2ccc(OCCCCN3CCON(c4cccc5sccc45)CC3)cc2N1. The number of hydrogen-bond acceptors (Lipinski definition) is 7. The highest BCUT2D eigenvalue weighted by Gasteiger charge is 2.18. The molecule has 1 amide bonds. The Morgan fingerprint density at radius 2 is 2.06 bits per heavy atom. The fourth-order valence-corrected chi connectivity index (χ4v) is 4.88. The molecule has 2 aliphatic heterocycles. The maximum Gasteiger partial charge on any atom is 0.262 e. The lowest BCUT2D eigenvalue weighted by molar-refractivity contribution is -0.118. The Hall–Kier alpha value is -2.81. The Bertz CT molecular complexity index is 1090. The number of unbranched alkanes of at least 4 members (excludes halogenated alkanes) is 1. The molecule has 168 valence electrons. The minimum absolute atomic E-state index is 0.0656. The average Bonchev–Trinajstić information content (AvgIpc) is 3.17. The third kappa shape index (κ3) is 4.82. The van der Waals surface area contributed by atoms with Crippen molar-refractivity contribution in [2.24, 2.45) is 0 Å². The van der Waals surface area contributed by atoms with Crippen LogP contribution < -0.4 is 19.9 Å². The first kappa shape index (κ1) is 21.1. The van der Waals surface area contributed by atoms with E-state index in [4.69, 9.17) is 14.3 Å². The van der Waals surface area contributed by atoms with Crippen LogP contribution in [0.4, 0.5) is 11.4 Å². The highest BCUT2D eigenvalue weighted by molar-refractivity contribution is 7.17. The minimum Gasteiger partial charge on any atom is -0.494 e. The lowest BCUT2D eigenvalue weighted by atomic mass is 10.2. The monoisotopic (exact) mass is 453 g/mol. The second kappa shape index (κ2) is 9.77. The van der Waals surface area contributed by atoms with Gasteiger partial charge in [0.1, 0.15) is 11.5 Å². The maximum atomic E-state index is 11.5. The molecule has 5 rings (SSSR count). The number of nitrogens with one attached hydrogen (secondary N) is 1. The molecule has 1 aromatic heterocycles. The first-order valence-electron chi connectivity index (χ1n) is 11.0. The molecule has 2 aromatic carbocycles. The van der Waals surface area contributed by atoms with Crippen molar-refractivity contribution in [3.05, 3.63) is 47.8 Å². The lowest BCUT2D eigenvalue weighted by Crippen LogP contribution is -2.31. The Balaban J connectivity index is 1.06. The Morgan fingerprint density at radius 1 is 1.09 bits per heavy atom. The highest BCUT2D eigenvalue weighted by atomic mass is 32.1. The van der Waals surface area contributed by atoms with E-state index in [0.29, 0.717) is 24.7 Å². The van der Waals surface area contributed by atoms with E-state index in [1.165, 1.54) is 10.1 Å². The zero-order valence-electron chi connectivity index (χ0n) is 17.9. The van der Waals surface area contributed by atoms with Crippen molar-refractivity contribution in [1.29, 1.82) is 0 Å². The summed E-state index contributed by atoms with van der Waals surface area (Å²) in [6.07, 6.45) is 2.03. The van der Waals surface area contributed by atoms with Crippen molar-refractivity contribution in [2.45, 2.75) is 12.8 Å². The zero-order chi connectivity index (χ0) is 21.8. The van der Waals surface area contributed by atoms with Gasteiger partial charge in [-0.1, -0.05) is 6.07 Å². The van der Waals surface area contributed by atoms with Crippen LogP contribution in [-0.2, 0) is 9.63 Å². The number of anilines is 2. The van der Waals surface area contributed by atoms with Gasteiger partial charge < -0.3 is 14.8 Å². The van der Waals surface area contributed by atoms with E-state index >= 15 is 0 Å². The summed E-state index contributed by atoms with van der Waals surface area (Å²) in [5.41, 5.74) is 1.83. The molecule has 1 N–H and O–H groups in total. The van der Waals surface area contributed by atoms with Gasteiger partial charge in [-0.2, -0.15) is 0 Å². The number of nitrogens with zero attached hydrogens (tertiary/aromatic N) is 2. The van der Waals surface area contributed by atoms with Gasteiger partial charge in [-0.25, -0.2) is 0 Å². The van der Waals surface area contributed by atoms with E-state index in [9.17, 15) is 4.79 Å². The van der Waals surface area contributed by atoms with E-state index in [2.05, 4.69) is 44.9 Å². The van der Waals surface area contributed by atoms with Gasteiger partial charge in [-0.3, -0.25) is 19.6 Å². The molecule has 8 heteroatoms. The van der Waals surface area contributed by atoms with Crippen molar-refractivity contribution in [3.63, 3.8) is 0 Å². The number of hydroxylamine groups is 1. The molecule has 0 unspecified atom stereocenters. The van der Waals surface area contributed by atoms with Crippen LogP contribution in [0.1, 0.15) is 12.8 Å². The summed E-state index contributed by atoms with van der Waals surface area (Å²) in [7, 11) is 0. The summed E-state index contributed by atoms with van der Waals surface area (Å²) in [6, 6.07) is 14.1. The summed E-state index contributed by atoms with van der Waals surface area (Å²) >= 11 is 1.76. The number of hydrogen-bond donors (Lipinski definition) is 1. The normalized spacial score (nSPS) is 16.9. The lowest BCUT2D eigenvalue weighted by Gasteiger charge is -2.23. The molecule has 7 nitrogen and oxygen atoms in total. The smallest absolute Gasteiger partial charge is 0.262 e. The largest absolute Gasteiger partial charge is 0.494 e. The molecule has 0 radical (unpaired) electrons. The fraction of sp³-hybridized carbons (Fsp3) is 0.375. The van der Waals surface area contributed by atoms with Crippen LogP contribution in [-0.4, -0.2) is 56.8 Å².